The quantitative estimate of drug-likeness (QED) is 0.446. The molecule has 0 bridgehead atoms. The standard InChI is InChI=1S/C26H23ClN2O3/c1-3-17-32-20-15-13-18(14-16-20)23-24(28(2)19-9-5-4-6-10-19)26(31)29(25(23)30)22-12-8-7-11-21(22)27/h4-16H,3,17H2,1-2H3. The van der Waals surface area contributed by atoms with E-state index in [0.717, 1.165) is 17.0 Å². The molecule has 0 aliphatic carbocycles. The maximum Gasteiger partial charge on any atom is 0.282 e. The van der Waals surface area contributed by atoms with Crippen molar-refractivity contribution in [3.05, 3.63) is 95.1 Å². The van der Waals surface area contributed by atoms with Crippen LogP contribution in [0.25, 0.3) is 5.57 Å². The molecule has 1 aliphatic rings. The van der Waals surface area contributed by atoms with Crippen molar-refractivity contribution in [1.29, 1.82) is 0 Å². The van der Waals surface area contributed by atoms with Gasteiger partial charge >= 0.3 is 0 Å². The molecule has 1 aliphatic heterocycles. The van der Waals surface area contributed by atoms with Crippen molar-refractivity contribution in [2.45, 2.75) is 13.3 Å². The van der Waals surface area contributed by atoms with Crippen LogP contribution < -0.4 is 14.5 Å². The van der Waals surface area contributed by atoms with Crippen molar-refractivity contribution in [3.8, 4) is 5.75 Å². The smallest absolute Gasteiger partial charge is 0.282 e. The number of imide groups is 1. The van der Waals surface area contributed by atoms with Crippen LogP contribution >= 0.6 is 11.6 Å². The normalized spacial score (nSPS) is 13.7. The number of anilines is 2. The van der Waals surface area contributed by atoms with Gasteiger partial charge in [0, 0.05) is 12.7 Å². The van der Waals surface area contributed by atoms with Gasteiger partial charge in [0.1, 0.15) is 11.4 Å². The summed E-state index contributed by atoms with van der Waals surface area (Å²) in [6.45, 7) is 2.65. The van der Waals surface area contributed by atoms with Crippen molar-refractivity contribution in [1.82, 2.24) is 0 Å². The molecule has 5 nitrogen and oxygen atoms in total. The number of carbonyl (C=O) groups excluding carboxylic acids is 2. The van der Waals surface area contributed by atoms with E-state index in [2.05, 4.69) is 0 Å². The lowest BCUT2D eigenvalue weighted by Gasteiger charge is -2.22. The van der Waals surface area contributed by atoms with Crippen LogP contribution in [0.15, 0.2) is 84.6 Å². The Morgan fingerprint density at radius 3 is 2.19 bits per heavy atom. The van der Waals surface area contributed by atoms with Crippen molar-refractivity contribution < 1.29 is 14.3 Å². The largest absolute Gasteiger partial charge is 0.494 e. The van der Waals surface area contributed by atoms with E-state index in [4.69, 9.17) is 16.3 Å². The molecule has 2 amide bonds. The van der Waals surface area contributed by atoms with E-state index in [-0.39, 0.29) is 0 Å². The van der Waals surface area contributed by atoms with Crippen molar-refractivity contribution >= 4 is 40.4 Å². The van der Waals surface area contributed by atoms with Gasteiger partial charge < -0.3 is 9.64 Å². The number of rotatable bonds is 7. The van der Waals surface area contributed by atoms with Crippen LogP contribution in [0.5, 0.6) is 5.75 Å². The Labute approximate surface area is 192 Å². The molecule has 4 rings (SSSR count). The molecule has 6 heteroatoms. The third-order valence-electron chi connectivity index (χ3n) is 5.25. The molecule has 0 unspecified atom stereocenters. The maximum absolute atomic E-state index is 13.6. The maximum atomic E-state index is 13.6. The lowest BCUT2D eigenvalue weighted by Crippen LogP contribution is -2.34. The molecule has 0 atom stereocenters. The summed E-state index contributed by atoms with van der Waals surface area (Å²) < 4.78 is 5.66. The molecule has 0 saturated carbocycles. The van der Waals surface area contributed by atoms with E-state index in [0.29, 0.717) is 39.9 Å². The van der Waals surface area contributed by atoms with Crippen LogP contribution in [-0.2, 0) is 9.59 Å². The minimum atomic E-state index is -0.421. The predicted octanol–water partition coefficient (Wildman–Crippen LogP) is 5.55. The Balaban J connectivity index is 1.82. The van der Waals surface area contributed by atoms with Gasteiger partial charge in [0.25, 0.3) is 11.8 Å². The van der Waals surface area contributed by atoms with Gasteiger partial charge in [-0.3, -0.25) is 9.59 Å². The molecule has 0 N–H and O–H groups in total. The first-order chi connectivity index (χ1) is 15.5. The predicted molar refractivity (Wildman–Crippen MR) is 128 cm³/mol. The number of para-hydroxylation sites is 2. The number of carbonyl (C=O) groups is 2. The van der Waals surface area contributed by atoms with Crippen molar-refractivity contribution in [2.24, 2.45) is 0 Å². The van der Waals surface area contributed by atoms with Crippen molar-refractivity contribution in [2.75, 3.05) is 23.5 Å². The highest BCUT2D eigenvalue weighted by Gasteiger charge is 2.42. The molecule has 162 valence electrons. The second-order valence-electron chi connectivity index (χ2n) is 7.39. The minimum Gasteiger partial charge on any atom is -0.494 e. The number of likely N-dealkylation sites (N-methyl/N-ethyl adjacent to an activating group) is 1. The molecule has 32 heavy (non-hydrogen) atoms. The molecular formula is C26H23ClN2O3. The Kier molecular flexibility index (Phi) is 6.28. The topological polar surface area (TPSA) is 49.9 Å². The zero-order chi connectivity index (χ0) is 22.7. The summed E-state index contributed by atoms with van der Waals surface area (Å²) >= 11 is 6.35. The minimum absolute atomic E-state index is 0.295. The average Bonchev–Trinajstić information content (AvgIpc) is 3.08. The van der Waals surface area contributed by atoms with Crippen LogP contribution in [-0.4, -0.2) is 25.5 Å². The molecule has 0 spiro atoms. The zero-order valence-corrected chi connectivity index (χ0v) is 18.7. The van der Waals surface area contributed by atoms with Gasteiger partial charge in [-0.05, 0) is 48.4 Å². The highest BCUT2D eigenvalue weighted by Crippen LogP contribution is 2.38. The number of amides is 2. The summed E-state index contributed by atoms with van der Waals surface area (Å²) in [5, 5.41) is 0.334. The van der Waals surface area contributed by atoms with Gasteiger partial charge in [0.05, 0.1) is 22.9 Å². The fourth-order valence-corrected chi connectivity index (χ4v) is 3.88. The summed E-state index contributed by atoms with van der Waals surface area (Å²) in [4.78, 5) is 30.1. The number of hydrogen-bond donors (Lipinski definition) is 0. The number of hydrogen-bond acceptors (Lipinski definition) is 4. The fourth-order valence-electron chi connectivity index (χ4n) is 3.66. The highest BCUT2D eigenvalue weighted by molar-refractivity contribution is 6.48. The monoisotopic (exact) mass is 446 g/mol. The molecule has 0 aromatic heterocycles. The molecular weight excluding hydrogens is 424 g/mol. The molecule has 3 aromatic rings. The third kappa shape index (κ3) is 3.99. The Morgan fingerprint density at radius 2 is 1.53 bits per heavy atom. The first kappa shape index (κ1) is 21.7. The second-order valence-corrected chi connectivity index (χ2v) is 7.80. The summed E-state index contributed by atoms with van der Waals surface area (Å²) in [5.74, 6) is -0.118. The lowest BCUT2D eigenvalue weighted by molar-refractivity contribution is -0.120. The van der Waals surface area contributed by atoms with E-state index < -0.39 is 11.8 Å². The van der Waals surface area contributed by atoms with Crippen LogP contribution in [0.1, 0.15) is 18.9 Å². The number of ether oxygens (including phenoxy) is 1. The van der Waals surface area contributed by atoms with Crippen molar-refractivity contribution in [3.63, 3.8) is 0 Å². The van der Waals surface area contributed by atoms with Crippen LogP contribution in [0.3, 0.4) is 0 Å². The van der Waals surface area contributed by atoms with E-state index in [1.54, 1.807) is 48.3 Å². The molecule has 0 saturated heterocycles. The van der Waals surface area contributed by atoms with Gasteiger partial charge in [0.2, 0.25) is 0 Å². The SMILES string of the molecule is CCCOc1ccc(C2=C(N(C)c3ccccc3)C(=O)N(c3ccccc3Cl)C2=O)cc1. The second kappa shape index (κ2) is 9.28. The lowest BCUT2D eigenvalue weighted by atomic mass is 10.0. The van der Waals surface area contributed by atoms with E-state index in [1.165, 1.54) is 0 Å². The molecule has 3 aromatic carbocycles. The summed E-state index contributed by atoms with van der Waals surface area (Å²) in [7, 11) is 1.78. The van der Waals surface area contributed by atoms with E-state index >= 15 is 0 Å². The Hall–Kier alpha value is -3.57. The number of halogens is 1. The molecule has 1 heterocycles. The van der Waals surface area contributed by atoms with Gasteiger partial charge in [-0.1, -0.05) is 61.0 Å². The van der Waals surface area contributed by atoms with Gasteiger partial charge in [-0.15, -0.1) is 0 Å². The van der Waals surface area contributed by atoms with Gasteiger partial charge in [-0.25, -0.2) is 4.90 Å². The highest BCUT2D eigenvalue weighted by atomic mass is 35.5. The third-order valence-corrected chi connectivity index (χ3v) is 5.57. The summed E-state index contributed by atoms with van der Waals surface area (Å²) in [6, 6.07) is 23.5. The average molecular weight is 447 g/mol. The number of benzene rings is 3. The summed E-state index contributed by atoms with van der Waals surface area (Å²) in [5.41, 5.74) is 2.41. The van der Waals surface area contributed by atoms with Crippen LogP contribution in [0, 0.1) is 0 Å². The van der Waals surface area contributed by atoms with Gasteiger partial charge in [0.15, 0.2) is 0 Å². The molecule has 0 radical (unpaired) electrons. The summed E-state index contributed by atoms with van der Waals surface area (Å²) in [6.07, 6.45) is 0.901. The Morgan fingerprint density at radius 1 is 0.875 bits per heavy atom. The van der Waals surface area contributed by atoms with Crippen LogP contribution in [0.2, 0.25) is 5.02 Å². The fraction of sp³-hybridized carbons (Fsp3) is 0.154. The zero-order valence-electron chi connectivity index (χ0n) is 17.9. The van der Waals surface area contributed by atoms with Gasteiger partial charge in [-0.2, -0.15) is 0 Å². The first-order valence-corrected chi connectivity index (χ1v) is 10.8. The molecule has 0 fully saturated rings. The van der Waals surface area contributed by atoms with Crippen LogP contribution in [0.4, 0.5) is 11.4 Å². The first-order valence-electron chi connectivity index (χ1n) is 10.4. The van der Waals surface area contributed by atoms with E-state index in [1.807, 2.05) is 49.4 Å². The number of nitrogens with zero attached hydrogens (tertiary/aromatic N) is 2. The van der Waals surface area contributed by atoms with E-state index in [9.17, 15) is 9.59 Å². The Bertz CT molecular complexity index is 1170.